The van der Waals surface area contributed by atoms with Crippen LogP contribution in [0.2, 0.25) is 0 Å². The van der Waals surface area contributed by atoms with Crippen LogP contribution in [0.5, 0.6) is 0 Å². The lowest BCUT2D eigenvalue weighted by Crippen LogP contribution is -2.40. The van der Waals surface area contributed by atoms with Gasteiger partial charge in [0.2, 0.25) is 0 Å². The molecule has 2 rings (SSSR count). The highest BCUT2D eigenvalue weighted by molar-refractivity contribution is 5.03. The Balaban J connectivity index is 2.00. The minimum atomic E-state index is 0.0914. The first-order valence-corrected chi connectivity index (χ1v) is 4.79. The van der Waals surface area contributed by atoms with Crippen molar-refractivity contribution < 1.29 is 9.15 Å². The molecule has 3 nitrogen and oxygen atoms in total. The van der Waals surface area contributed by atoms with Crippen molar-refractivity contribution in [2.24, 2.45) is 0 Å². The van der Waals surface area contributed by atoms with E-state index in [0.717, 1.165) is 25.3 Å². The van der Waals surface area contributed by atoms with Crippen molar-refractivity contribution in [3.8, 4) is 0 Å². The van der Waals surface area contributed by atoms with E-state index in [1.807, 2.05) is 12.1 Å². The molecule has 0 radical (unpaired) electrons. The molecule has 1 aliphatic rings. The van der Waals surface area contributed by atoms with Gasteiger partial charge in [0, 0.05) is 13.1 Å². The van der Waals surface area contributed by atoms with Crippen LogP contribution in [0.1, 0.15) is 25.2 Å². The summed E-state index contributed by atoms with van der Waals surface area (Å²) in [5, 5.41) is 3.34. The highest BCUT2D eigenvalue weighted by atomic mass is 16.5. The van der Waals surface area contributed by atoms with E-state index in [4.69, 9.17) is 9.15 Å². The molecule has 0 saturated carbocycles. The predicted molar refractivity (Wildman–Crippen MR) is 49.5 cm³/mol. The van der Waals surface area contributed by atoms with Crippen LogP contribution >= 0.6 is 0 Å². The smallest absolute Gasteiger partial charge is 0.133 e. The van der Waals surface area contributed by atoms with Gasteiger partial charge in [-0.3, -0.25) is 0 Å². The molecule has 2 atom stereocenters. The first-order chi connectivity index (χ1) is 6.40. The van der Waals surface area contributed by atoms with Gasteiger partial charge < -0.3 is 14.5 Å². The molecule has 0 amide bonds. The molecule has 1 fully saturated rings. The van der Waals surface area contributed by atoms with Gasteiger partial charge in [-0.1, -0.05) is 6.92 Å². The third-order valence-corrected chi connectivity index (χ3v) is 2.37. The summed E-state index contributed by atoms with van der Waals surface area (Å²) in [5.74, 6) is 0.922. The van der Waals surface area contributed by atoms with E-state index in [2.05, 4.69) is 12.2 Å². The van der Waals surface area contributed by atoms with Gasteiger partial charge in [-0.2, -0.15) is 0 Å². The molecule has 0 spiro atoms. The Labute approximate surface area is 78.1 Å². The Morgan fingerprint density at radius 2 is 2.46 bits per heavy atom. The Kier molecular flexibility index (Phi) is 2.66. The third kappa shape index (κ3) is 1.92. The summed E-state index contributed by atoms with van der Waals surface area (Å²) in [7, 11) is 0. The van der Waals surface area contributed by atoms with Crippen LogP contribution in [0.4, 0.5) is 0 Å². The number of hydrogen-bond acceptors (Lipinski definition) is 3. The molecule has 0 bridgehead atoms. The van der Waals surface area contributed by atoms with Crippen molar-refractivity contribution in [2.45, 2.75) is 25.6 Å². The summed E-state index contributed by atoms with van der Waals surface area (Å²) < 4.78 is 11.1. The standard InChI is InChI=1S/C10H15NO2/c1-2-8-6-11-7-10(13-8)9-4-3-5-12-9/h3-5,8,10-11H,2,6-7H2,1H3. The second-order valence-corrected chi connectivity index (χ2v) is 3.33. The number of ether oxygens (including phenoxy) is 1. The van der Waals surface area contributed by atoms with E-state index in [0.29, 0.717) is 6.10 Å². The number of furan rings is 1. The second kappa shape index (κ2) is 3.94. The van der Waals surface area contributed by atoms with Crippen LogP contribution in [-0.4, -0.2) is 19.2 Å². The fourth-order valence-electron chi connectivity index (χ4n) is 1.59. The first kappa shape index (κ1) is 8.78. The summed E-state index contributed by atoms with van der Waals surface area (Å²) in [6.45, 7) is 3.94. The maximum atomic E-state index is 5.82. The SMILES string of the molecule is CCC1CNCC(c2ccco2)O1. The molecule has 13 heavy (non-hydrogen) atoms. The lowest BCUT2D eigenvalue weighted by atomic mass is 10.2. The fourth-order valence-corrected chi connectivity index (χ4v) is 1.59. The molecule has 1 aliphatic heterocycles. The third-order valence-electron chi connectivity index (χ3n) is 2.37. The van der Waals surface area contributed by atoms with Gasteiger partial charge in [-0.15, -0.1) is 0 Å². The van der Waals surface area contributed by atoms with Crippen LogP contribution in [0, 0.1) is 0 Å². The zero-order valence-electron chi connectivity index (χ0n) is 7.82. The number of hydrogen-bond donors (Lipinski definition) is 1. The van der Waals surface area contributed by atoms with Crippen LogP contribution in [0.25, 0.3) is 0 Å². The van der Waals surface area contributed by atoms with Crippen molar-refractivity contribution in [2.75, 3.05) is 13.1 Å². The summed E-state index contributed by atoms with van der Waals surface area (Å²) in [6.07, 6.45) is 3.15. The molecule has 0 aliphatic carbocycles. The summed E-state index contributed by atoms with van der Waals surface area (Å²) >= 11 is 0. The monoisotopic (exact) mass is 181 g/mol. The minimum absolute atomic E-state index is 0.0914. The topological polar surface area (TPSA) is 34.4 Å². The molecular weight excluding hydrogens is 166 g/mol. The van der Waals surface area contributed by atoms with E-state index in [-0.39, 0.29) is 6.10 Å². The lowest BCUT2D eigenvalue weighted by Gasteiger charge is -2.28. The van der Waals surface area contributed by atoms with Gasteiger partial charge in [0.15, 0.2) is 0 Å². The molecule has 1 N–H and O–H groups in total. The average molecular weight is 181 g/mol. The Morgan fingerprint density at radius 3 is 3.15 bits per heavy atom. The first-order valence-electron chi connectivity index (χ1n) is 4.79. The van der Waals surface area contributed by atoms with Crippen molar-refractivity contribution in [1.29, 1.82) is 0 Å². The second-order valence-electron chi connectivity index (χ2n) is 3.33. The average Bonchev–Trinajstić information content (AvgIpc) is 2.71. The van der Waals surface area contributed by atoms with Crippen molar-refractivity contribution in [1.82, 2.24) is 5.32 Å². The highest BCUT2D eigenvalue weighted by Crippen LogP contribution is 2.22. The van der Waals surface area contributed by atoms with Crippen LogP contribution in [0.3, 0.4) is 0 Å². The minimum Gasteiger partial charge on any atom is -0.467 e. The van der Waals surface area contributed by atoms with Crippen molar-refractivity contribution >= 4 is 0 Å². The number of nitrogens with one attached hydrogen (secondary N) is 1. The van der Waals surface area contributed by atoms with Crippen molar-refractivity contribution in [3.63, 3.8) is 0 Å². The molecular formula is C10H15NO2. The normalized spacial score (nSPS) is 29.0. The maximum absolute atomic E-state index is 5.82. The molecule has 0 aromatic carbocycles. The van der Waals surface area contributed by atoms with Crippen LogP contribution in [-0.2, 0) is 4.74 Å². The molecule has 2 heterocycles. The summed E-state index contributed by atoms with van der Waals surface area (Å²) in [6, 6.07) is 3.86. The number of rotatable bonds is 2. The Bertz CT molecular complexity index is 245. The largest absolute Gasteiger partial charge is 0.467 e. The van der Waals surface area contributed by atoms with Crippen LogP contribution < -0.4 is 5.32 Å². The highest BCUT2D eigenvalue weighted by Gasteiger charge is 2.23. The van der Waals surface area contributed by atoms with Crippen LogP contribution in [0.15, 0.2) is 22.8 Å². The van der Waals surface area contributed by atoms with E-state index >= 15 is 0 Å². The quantitative estimate of drug-likeness (QED) is 0.754. The van der Waals surface area contributed by atoms with Gasteiger partial charge in [-0.25, -0.2) is 0 Å². The number of morpholine rings is 1. The molecule has 72 valence electrons. The summed E-state index contributed by atoms with van der Waals surface area (Å²) in [4.78, 5) is 0. The predicted octanol–water partition coefficient (Wildman–Crippen LogP) is 1.72. The molecule has 1 aromatic rings. The van der Waals surface area contributed by atoms with Gasteiger partial charge in [0.05, 0.1) is 12.4 Å². The van der Waals surface area contributed by atoms with E-state index in [9.17, 15) is 0 Å². The molecule has 3 heteroatoms. The maximum Gasteiger partial charge on any atom is 0.133 e. The van der Waals surface area contributed by atoms with E-state index in [1.165, 1.54) is 0 Å². The zero-order valence-corrected chi connectivity index (χ0v) is 7.82. The van der Waals surface area contributed by atoms with Gasteiger partial charge in [0.1, 0.15) is 11.9 Å². The Morgan fingerprint density at radius 1 is 1.54 bits per heavy atom. The fraction of sp³-hybridized carbons (Fsp3) is 0.600. The van der Waals surface area contributed by atoms with E-state index in [1.54, 1.807) is 6.26 Å². The van der Waals surface area contributed by atoms with E-state index < -0.39 is 0 Å². The molecule has 2 unspecified atom stereocenters. The van der Waals surface area contributed by atoms with Crippen molar-refractivity contribution in [3.05, 3.63) is 24.2 Å². The Hall–Kier alpha value is -0.800. The summed E-state index contributed by atoms with van der Waals surface area (Å²) in [5.41, 5.74) is 0. The molecule has 1 saturated heterocycles. The van der Waals surface area contributed by atoms with Gasteiger partial charge >= 0.3 is 0 Å². The van der Waals surface area contributed by atoms with Gasteiger partial charge in [0.25, 0.3) is 0 Å². The van der Waals surface area contributed by atoms with Gasteiger partial charge in [-0.05, 0) is 18.6 Å². The molecule has 1 aromatic heterocycles. The zero-order chi connectivity index (χ0) is 9.10. The lowest BCUT2D eigenvalue weighted by molar-refractivity contribution is -0.0495.